The van der Waals surface area contributed by atoms with Gasteiger partial charge in [-0.2, -0.15) is 0 Å². The van der Waals surface area contributed by atoms with Gasteiger partial charge in [-0.3, -0.25) is 0 Å². The van der Waals surface area contributed by atoms with E-state index in [1.807, 2.05) is 30.3 Å². The molecule has 0 aliphatic rings. The molecule has 0 N–H and O–H groups in total. The number of rotatable bonds is 7. The number of hydrogen-bond donors (Lipinski definition) is 0. The molecule has 0 aliphatic carbocycles. The van der Waals surface area contributed by atoms with E-state index in [0.717, 1.165) is 50.3 Å². The molecule has 2 heteroatoms. The lowest BCUT2D eigenvalue weighted by Crippen LogP contribution is -2.00. The molecule has 10 aromatic rings. The first-order valence-corrected chi connectivity index (χ1v) is 19.1. The van der Waals surface area contributed by atoms with Crippen molar-refractivity contribution in [1.82, 2.24) is 9.97 Å². The van der Waals surface area contributed by atoms with Crippen molar-refractivity contribution in [3.63, 3.8) is 0 Å². The Morgan fingerprint density at radius 1 is 0.214 bits per heavy atom. The minimum absolute atomic E-state index is 0.705. The summed E-state index contributed by atoms with van der Waals surface area (Å²) in [6.45, 7) is 0. The second-order valence-corrected chi connectivity index (χ2v) is 14.1. The molecule has 262 valence electrons. The van der Waals surface area contributed by atoms with E-state index in [-0.39, 0.29) is 0 Å². The summed E-state index contributed by atoms with van der Waals surface area (Å²) in [4.78, 5) is 10.6. The molecule has 56 heavy (non-hydrogen) atoms. The maximum atomic E-state index is 5.28. The Morgan fingerprint density at radius 3 is 1.04 bits per heavy atom. The lowest BCUT2D eigenvalue weighted by Gasteiger charge is -2.19. The van der Waals surface area contributed by atoms with Gasteiger partial charge >= 0.3 is 0 Å². The lowest BCUT2D eigenvalue weighted by molar-refractivity contribution is 1.18. The van der Waals surface area contributed by atoms with Crippen molar-refractivity contribution in [2.75, 3.05) is 0 Å². The van der Waals surface area contributed by atoms with Crippen LogP contribution < -0.4 is 0 Å². The van der Waals surface area contributed by atoms with Crippen LogP contribution in [0.2, 0.25) is 0 Å². The quantitative estimate of drug-likeness (QED) is 0.154. The number of nitrogens with zero attached hydrogens (tertiary/aromatic N) is 2. The maximum absolute atomic E-state index is 5.28. The zero-order valence-electron chi connectivity index (χ0n) is 30.7. The van der Waals surface area contributed by atoms with Crippen LogP contribution in [0.4, 0.5) is 0 Å². The van der Waals surface area contributed by atoms with E-state index >= 15 is 0 Å². The van der Waals surface area contributed by atoms with E-state index in [9.17, 15) is 0 Å². The molecule has 0 radical (unpaired) electrons. The molecule has 1 heterocycles. The number of benzene rings is 9. The van der Waals surface area contributed by atoms with Crippen molar-refractivity contribution in [3.05, 3.63) is 218 Å². The number of fused-ring (bicyclic) bond motifs is 2. The molecule has 0 amide bonds. The summed E-state index contributed by atoms with van der Waals surface area (Å²) in [7, 11) is 0. The minimum atomic E-state index is 0.705. The van der Waals surface area contributed by atoms with Gasteiger partial charge in [0.2, 0.25) is 0 Å². The zero-order chi connectivity index (χ0) is 37.3. The topological polar surface area (TPSA) is 25.8 Å². The highest BCUT2D eigenvalue weighted by atomic mass is 14.9. The van der Waals surface area contributed by atoms with Gasteiger partial charge in [0, 0.05) is 22.3 Å². The zero-order valence-corrected chi connectivity index (χ0v) is 30.7. The van der Waals surface area contributed by atoms with Gasteiger partial charge in [0.05, 0.1) is 11.4 Å². The fraction of sp³-hybridized carbons (Fsp3) is 0. The lowest BCUT2D eigenvalue weighted by atomic mass is 9.85. The van der Waals surface area contributed by atoms with Crippen LogP contribution >= 0.6 is 0 Å². The fourth-order valence-electron chi connectivity index (χ4n) is 8.08. The number of aromatic nitrogens is 2. The highest BCUT2D eigenvalue weighted by Crippen LogP contribution is 2.45. The summed E-state index contributed by atoms with van der Waals surface area (Å²) >= 11 is 0. The first kappa shape index (κ1) is 33.2. The van der Waals surface area contributed by atoms with Crippen molar-refractivity contribution >= 4 is 21.5 Å². The summed E-state index contributed by atoms with van der Waals surface area (Å²) in [5, 5.41) is 4.98. The third-order valence-corrected chi connectivity index (χ3v) is 10.7. The summed E-state index contributed by atoms with van der Waals surface area (Å²) < 4.78 is 0. The highest BCUT2D eigenvalue weighted by Gasteiger charge is 2.21. The van der Waals surface area contributed by atoms with E-state index in [2.05, 4.69) is 188 Å². The first-order valence-electron chi connectivity index (χ1n) is 19.1. The molecule has 0 bridgehead atoms. The molecular formula is C54H36N2. The fourth-order valence-corrected chi connectivity index (χ4v) is 8.08. The summed E-state index contributed by atoms with van der Waals surface area (Å²) in [6.07, 6.45) is 0. The molecule has 2 nitrogen and oxygen atoms in total. The largest absolute Gasteiger partial charge is 0.227 e. The predicted molar refractivity (Wildman–Crippen MR) is 235 cm³/mol. The van der Waals surface area contributed by atoms with E-state index in [0.29, 0.717) is 5.82 Å². The van der Waals surface area contributed by atoms with Crippen LogP contribution in [0.5, 0.6) is 0 Å². The molecule has 0 spiro atoms. The standard InChI is InChI=1S/C54H36N2/c1-6-18-38(19-7-1)49-45-28-16-17-29-46(45)50(39-20-8-2-9-21-39)48-36-44(34-35-47(48)49)37-30-32-40(33-31-37)51-52(41-22-10-3-11-23-41)55-54(43-26-14-5-15-27-43)56-53(51)42-24-12-4-13-25-42/h1-36H. The van der Waals surface area contributed by atoms with Gasteiger partial charge in [0.15, 0.2) is 5.82 Å². The van der Waals surface area contributed by atoms with Crippen LogP contribution in [0.25, 0.3) is 100.0 Å². The molecule has 0 saturated heterocycles. The minimum Gasteiger partial charge on any atom is -0.227 e. The average molecular weight is 713 g/mol. The third-order valence-electron chi connectivity index (χ3n) is 10.7. The smallest absolute Gasteiger partial charge is 0.160 e. The molecule has 0 aliphatic heterocycles. The van der Waals surface area contributed by atoms with Gasteiger partial charge in [-0.15, -0.1) is 0 Å². The van der Waals surface area contributed by atoms with Crippen LogP contribution in [0, 0.1) is 0 Å². The van der Waals surface area contributed by atoms with Gasteiger partial charge < -0.3 is 0 Å². The van der Waals surface area contributed by atoms with Gasteiger partial charge in [-0.1, -0.05) is 212 Å². The third kappa shape index (κ3) is 6.04. The highest BCUT2D eigenvalue weighted by molar-refractivity contribution is 6.22. The van der Waals surface area contributed by atoms with E-state index < -0.39 is 0 Å². The molecule has 1 aromatic heterocycles. The van der Waals surface area contributed by atoms with Crippen molar-refractivity contribution < 1.29 is 0 Å². The van der Waals surface area contributed by atoms with E-state index in [1.54, 1.807) is 0 Å². The predicted octanol–water partition coefficient (Wildman–Crippen LogP) is 14.5. The Balaban J connectivity index is 1.17. The number of hydrogen-bond acceptors (Lipinski definition) is 2. The summed E-state index contributed by atoms with van der Waals surface area (Å²) in [6, 6.07) is 77.5. The molecule has 9 aromatic carbocycles. The molecule has 10 rings (SSSR count). The van der Waals surface area contributed by atoms with Gasteiger partial charge in [-0.25, -0.2) is 9.97 Å². The Kier molecular flexibility index (Phi) is 8.55. The Hall–Kier alpha value is -7.42. The Labute approximate surface area is 327 Å². The molecular weight excluding hydrogens is 677 g/mol. The Morgan fingerprint density at radius 2 is 0.554 bits per heavy atom. The molecule has 0 saturated carbocycles. The second kappa shape index (κ2) is 14.4. The van der Waals surface area contributed by atoms with Crippen molar-refractivity contribution in [2.45, 2.75) is 0 Å². The van der Waals surface area contributed by atoms with Crippen LogP contribution in [0.1, 0.15) is 0 Å². The monoisotopic (exact) mass is 712 g/mol. The van der Waals surface area contributed by atoms with Gasteiger partial charge in [0.1, 0.15) is 0 Å². The van der Waals surface area contributed by atoms with Crippen molar-refractivity contribution in [2.24, 2.45) is 0 Å². The van der Waals surface area contributed by atoms with Crippen molar-refractivity contribution in [1.29, 1.82) is 0 Å². The first-order chi connectivity index (χ1) is 27.8. The van der Waals surface area contributed by atoms with E-state index in [4.69, 9.17) is 9.97 Å². The maximum Gasteiger partial charge on any atom is 0.160 e. The summed E-state index contributed by atoms with van der Waals surface area (Å²) in [5.41, 5.74) is 14.2. The van der Waals surface area contributed by atoms with Gasteiger partial charge in [-0.05, 0) is 66.6 Å². The van der Waals surface area contributed by atoms with E-state index in [1.165, 1.54) is 43.8 Å². The molecule has 0 fully saturated rings. The van der Waals surface area contributed by atoms with Crippen LogP contribution in [0.15, 0.2) is 218 Å². The van der Waals surface area contributed by atoms with Crippen LogP contribution in [0.3, 0.4) is 0 Å². The normalized spacial score (nSPS) is 11.2. The van der Waals surface area contributed by atoms with Crippen molar-refractivity contribution in [3.8, 4) is 78.4 Å². The Bertz CT molecular complexity index is 2900. The van der Waals surface area contributed by atoms with Crippen LogP contribution in [-0.2, 0) is 0 Å². The summed E-state index contributed by atoms with van der Waals surface area (Å²) in [5.74, 6) is 0.705. The van der Waals surface area contributed by atoms with Crippen LogP contribution in [-0.4, -0.2) is 9.97 Å². The SMILES string of the molecule is c1ccc(-c2nc(-c3ccccc3)c(-c3ccc(-c4ccc5c(-c6ccccc6)c6ccccc6c(-c6ccccc6)c5c4)cc3)c(-c3ccccc3)n2)cc1. The average Bonchev–Trinajstić information content (AvgIpc) is 3.29. The van der Waals surface area contributed by atoms with Gasteiger partial charge in [0.25, 0.3) is 0 Å². The molecule has 0 unspecified atom stereocenters. The second-order valence-electron chi connectivity index (χ2n) is 14.1. The molecule has 0 atom stereocenters.